The number of nitrogens with one attached hydrogen (secondary N) is 2. The molecule has 1 unspecified atom stereocenters. The van der Waals surface area contributed by atoms with Gasteiger partial charge in [-0.3, -0.25) is 0 Å². The lowest BCUT2D eigenvalue weighted by Gasteiger charge is -2.32. The quantitative estimate of drug-likeness (QED) is 0.436. The predicted molar refractivity (Wildman–Crippen MR) is 133 cm³/mol. The molecular weight excluding hydrogens is 470 g/mol. The van der Waals surface area contributed by atoms with Gasteiger partial charge < -0.3 is 25.2 Å². The Morgan fingerprint density at radius 3 is 2.34 bits per heavy atom. The van der Waals surface area contributed by atoms with Crippen LogP contribution in [0.1, 0.15) is 64.3 Å². The van der Waals surface area contributed by atoms with E-state index in [1.54, 1.807) is 46.8 Å². The average Bonchev–Trinajstić information content (AvgIpc) is 3.61. The first-order valence-corrected chi connectivity index (χ1v) is 12.0. The number of amides is 2. The number of carbonyl (C=O) groups is 2. The van der Waals surface area contributed by atoms with Gasteiger partial charge in [-0.15, -0.1) is 0 Å². The molecule has 1 fully saturated rings. The fourth-order valence-electron chi connectivity index (χ4n) is 3.69. The Hall–Kier alpha value is -2.84. The van der Waals surface area contributed by atoms with Crippen LogP contribution in [0.5, 0.6) is 0 Å². The van der Waals surface area contributed by atoms with Crippen molar-refractivity contribution in [2.75, 3.05) is 6.54 Å². The number of benzene rings is 1. The SMILES string of the molecule is CC(C)(C)OC(=O)NCC(O)(c1cc(C(C)(C)NC(=O)OCc2ccccc2)cc(Cl)n1)C1CC1. The Morgan fingerprint density at radius 1 is 1.09 bits per heavy atom. The highest BCUT2D eigenvalue weighted by molar-refractivity contribution is 6.29. The minimum Gasteiger partial charge on any atom is -0.445 e. The van der Waals surface area contributed by atoms with Crippen LogP contribution in [-0.2, 0) is 27.2 Å². The minimum atomic E-state index is -1.43. The van der Waals surface area contributed by atoms with Crippen molar-refractivity contribution in [2.24, 2.45) is 5.92 Å². The molecular formula is C26H34ClN3O5. The van der Waals surface area contributed by atoms with Gasteiger partial charge in [-0.05, 0) is 76.6 Å². The summed E-state index contributed by atoms with van der Waals surface area (Å²) in [5, 5.41) is 17.2. The van der Waals surface area contributed by atoms with Crippen molar-refractivity contribution in [3.8, 4) is 0 Å². The highest BCUT2D eigenvalue weighted by atomic mass is 35.5. The van der Waals surface area contributed by atoms with Crippen LogP contribution >= 0.6 is 11.6 Å². The van der Waals surface area contributed by atoms with Gasteiger partial charge in [-0.1, -0.05) is 41.9 Å². The number of nitrogens with zero attached hydrogens (tertiary/aromatic N) is 1. The van der Waals surface area contributed by atoms with Crippen molar-refractivity contribution in [3.05, 3.63) is 64.4 Å². The lowest BCUT2D eigenvalue weighted by molar-refractivity contribution is 0.00164. The summed E-state index contributed by atoms with van der Waals surface area (Å²) in [6.45, 7) is 8.98. The second-order valence-electron chi connectivity index (χ2n) is 10.4. The van der Waals surface area contributed by atoms with E-state index in [0.717, 1.165) is 18.4 Å². The van der Waals surface area contributed by atoms with Crippen LogP contribution in [0.4, 0.5) is 9.59 Å². The number of halogens is 1. The fourth-order valence-corrected chi connectivity index (χ4v) is 3.90. The zero-order valence-electron chi connectivity index (χ0n) is 20.9. The third-order valence-electron chi connectivity index (χ3n) is 5.74. The Labute approximate surface area is 211 Å². The zero-order valence-corrected chi connectivity index (χ0v) is 21.6. The fraction of sp³-hybridized carbons (Fsp3) is 0.500. The third kappa shape index (κ3) is 7.57. The molecule has 8 nitrogen and oxygen atoms in total. The van der Waals surface area contributed by atoms with Crippen LogP contribution in [0, 0.1) is 5.92 Å². The Morgan fingerprint density at radius 2 is 1.74 bits per heavy atom. The van der Waals surface area contributed by atoms with Crippen LogP contribution in [-0.4, -0.2) is 34.4 Å². The highest BCUT2D eigenvalue weighted by Crippen LogP contribution is 2.45. The molecule has 2 aromatic rings. The van der Waals surface area contributed by atoms with Gasteiger partial charge in [0.05, 0.1) is 17.8 Å². The first kappa shape index (κ1) is 26.8. The lowest BCUT2D eigenvalue weighted by Crippen LogP contribution is -2.45. The number of aliphatic hydroxyl groups is 1. The number of hydrogen-bond donors (Lipinski definition) is 3. The highest BCUT2D eigenvalue weighted by Gasteiger charge is 2.47. The second kappa shape index (κ2) is 10.4. The molecule has 0 saturated heterocycles. The van der Waals surface area contributed by atoms with Crippen molar-refractivity contribution < 1.29 is 24.2 Å². The van der Waals surface area contributed by atoms with E-state index in [0.29, 0.717) is 11.3 Å². The molecule has 190 valence electrons. The summed E-state index contributed by atoms with van der Waals surface area (Å²) in [5.74, 6) is -0.0804. The molecule has 0 spiro atoms. The van der Waals surface area contributed by atoms with Crippen LogP contribution in [0.25, 0.3) is 0 Å². The summed E-state index contributed by atoms with van der Waals surface area (Å²) in [6.07, 6.45) is 0.381. The Balaban J connectivity index is 1.75. The summed E-state index contributed by atoms with van der Waals surface area (Å²) in [5.41, 5.74) is -1.12. The lowest BCUT2D eigenvalue weighted by atomic mass is 9.88. The molecule has 1 aromatic heterocycles. The Bertz CT molecular complexity index is 1050. The maximum atomic E-state index is 12.5. The monoisotopic (exact) mass is 503 g/mol. The molecule has 9 heteroatoms. The molecule has 0 bridgehead atoms. The smallest absolute Gasteiger partial charge is 0.408 e. The van der Waals surface area contributed by atoms with E-state index < -0.39 is 28.9 Å². The van der Waals surface area contributed by atoms with Crippen molar-refractivity contribution in [3.63, 3.8) is 0 Å². The van der Waals surface area contributed by atoms with Gasteiger partial charge in [0.25, 0.3) is 0 Å². The van der Waals surface area contributed by atoms with E-state index >= 15 is 0 Å². The minimum absolute atomic E-state index is 0.0770. The summed E-state index contributed by atoms with van der Waals surface area (Å²) in [6, 6.07) is 12.7. The van der Waals surface area contributed by atoms with Gasteiger partial charge >= 0.3 is 12.2 Å². The van der Waals surface area contributed by atoms with E-state index in [4.69, 9.17) is 21.1 Å². The van der Waals surface area contributed by atoms with Gasteiger partial charge in [-0.2, -0.15) is 0 Å². The molecule has 2 amide bonds. The number of carbonyl (C=O) groups excluding carboxylic acids is 2. The largest absolute Gasteiger partial charge is 0.445 e. The molecule has 1 heterocycles. The van der Waals surface area contributed by atoms with Crippen molar-refractivity contribution in [2.45, 2.75) is 70.8 Å². The van der Waals surface area contributed by atoms with Gasteiger partial charge in [0.1, 0.15) is 23.0 Å². The van der Waals surface area contributed by atoms with E-state index in [9.17, 15) is 14.7 Å². The number of alkyl carbamates (subject to hydrolysis) is 2. The Kier molecular flexibility index (Phi) is 7.97. The molecule has 1 aliphatic carbocycles. The van der Waals surface area contributed by atoms with E-state index in [2.05, 4.69) is 15.6 Å². The normalized spacial score (nSPS) is 15.6. The van der Waals surface area contributed by atoms with Crippen molar-refractivity contribution in [1.29, 1.82) is 0 Å². The van der Waals surface area contributed by atoms with Gasteiger partial charge in [0.15, 0.2) is 0 Å². The van der Waals surface area contributed by atoms with Crippen LogP contribution in [0.2, 0.25) is 5.15 Å². The standard InChI is InChI=1S/C26H34ClN3O5/c1-24(2,3)35-22(31)28-16-26(33,18-11-12-18)20-13-19(14-21(27)29-20)25(4,5)30-23(32)34-15-17-9-7-6-8-10-17/h6-10,13-14,18,33H,11-12,15-16H2,1-5H3,(H,28,31)(H,30,32). The molecule has 0 aliphatic heterocycles. The molecule has 1 aliphatic rings. The summed E-state index contributed by atoms with van der Waals surface area (Å²) in [7, 11) is 0. The molecule has 3 rings (SSSR count). The topological polar surface area (TPSA) is 110 Å². The van der Waals surface area contributed by atoms with E-state index in [1.165, 1.54) is 0 Å². The van der Waals surface area contributed by atoms with Gasteiger partial charge in [0.2, 0.25) is 0 Å². The molecule has 35 heavy (non-hydrogen) atoms. The first-order chi connectivity index (χ1) is 16.3. The van der Waals surface area contributed by atoms with Crippen LogP contribution < -0.4 is 10.6 Å². The molecule has 1 atom stereocenters. The summed E-state index contributed by atoms with van der Waals surface area (Å²) < 4.78 is 10.7. The molecule has 1 saturated carbocycles. The molecule has 0 radical (unpaired) electrons. The maximum absolute atomic E-state index is 12.5. The molecule has 3 N–H and O–H groups in total. The number of pyridine rings is 1. The zero-order chi connectivity index (χ0) is 25.9. The summed E-state index contributed by atoms with van der Waals surface area (Å²) >= 11 is 6.34. The van der Waals surface area contributed by atoms with Gasteiger partial charge in [-0.25, -0.2) is 14.6 Å². The number of aromatic nitrogens is 1. The van der Waals surface area contributed by atoms with E-state index in [1.807, 2.05) is 30.3 Å². The number of hydrogen-bond acceptors (Lipinski definition) is 6. The van der Waals surface area contributed by atoms with Crippen LogP contribution in [0.3, 0.4) is 0 Å². The molecule has 1 aromatic carbocycles. The van der Waals surface area contributed by atoms with Crippen molar-refractivity contribution >= 4 is 23.8 Å². The number of ether oxygens (including phenoxy) is 2. The predicted octanol–water partition coefficient (Wildman–Crippen LogP) is 5.02. The average molecular weight is 504 g/mol. The number of rotatable bonds is 8. The summed E-state index contributed by atoms with van der Waals surface area (Å²) in [4.78, 5) is 29.1. The maximum Gasteiger partial charge on any atom is 0.408 e. The van der Waals surface area contributed by atoms with Crippen LogP contribution in [0.15, 0.2) is 42.5 Å². The van der Waals surface area contributed by atoms with Crippen molar-refractivity contribution in [1.82, 2.24) is 15.6 Å². The van der Waals surface area contributed by atoms with Gasteiger partial charge in [0, 0.05) is 0 Å². The third-order valence-corrected chi connectivity index (χ3v) is 5.93. The first-order valence-electron chi connectivity index (χ1n) is 11.7. The second-order valence-corrected chi connectivity index (χ2v) is 10.8. The van der Waals surface area contributed by atoms with E-state index in [-0.39, 0.29) is 24.2 Å².